The molecule has 0 amide bonds. The van der Waals surface area contributed by atoms with Gasteiger partial charge in [0.15, 0.2) is 17.0 Å². The Morgan fingerprint density at radius 3 is 2.74 bits per heavy atom. The Kier molecular flexibility index (Phi) is 5.72. The second-order valence-electron chi connectivity index (χ2n) is 7.36. The van der Waals surface area contributed by atoms with Crippen molar-refractivity contribution in [1.29, 1.82) is 0 Å². The van der Waals surface area contributed by atoms with Gasteiger partial charge in [0.2, 0.25) is 5.88 Å². The number of ether oxygens (including phenoxy) is 1. The second-order valence-corrected chi connectivity index (χ2v) is 7.36. The van der Waals surface area contributed by atoms with Gasteiger partial charge < -0.3 is 19.9 Å². The van der Waals surface area contributed by atoms with Crippen LogP contribution in [0, 0.1) is 12.7 Å². The van der Waals surface area contributed by atoms with Crippen LogP contribution in [-0.4, -0.2) is 61.6 Å². The molecule has 9 nitrogen and oxygen atoms in total. The average Bonchev–Trinajstić information content (AvgIpc) is 3.07. The lowest BCUT2D eigenvalue weighted by atomic mass is 10.2. The number of aromatic nitrogens is 6. The molecule has 0 unspecified atom stereocenters. The molecule has 0 atom stereocenters. The summed E-state index contributed by atoms with van der Waals surface area (Å²) in [4.78, 5) is 23.9. The molecule has 0 spiro atoms. The maximum absolute atomic E-state index is 13.9. The number of hydrogen-bond acceptors (Lipinski definition) is 8. The standard InChI is InChI=1S/C21H23FN8O/c1-13-25-19(23)18-21(26-13)30(20(28-18)14-9-15(22)11-24-10-14)12-16-5-4-6-17(27-16)31-8-7-29(2)3/h4-6,9-11H,7-8,12H2,1-3H3,(H2,23,25,26). The molecule has 0 aliphatic heterocycles. The zero-order valence-electron chi connectivity index (χ0n) is 17.6. The first-order chi connectivity index (χ1) is 14.9. The van der Waals surface area contributed by atoms with Crippen LogP contribution in [0.25, 0.3) is 22.6 Å². The van der Waals surface area contributed by atoms with Crippen molar-refractivity contribution in [2.24, 2.45) is 0 Å². The molecule has 0 radical (unpaired) electrons. The molecule has 0 aliphatic rings. The van der Waals surface area contributed by atoms with E-state index in [-0.39, 0.29) is 5.82 Å². The molecular formula is C21H23FN8O. The first-order valence-electron chi connectivity index (χ1n) is 9.75. The SMILES string of the molecule is Cc1nc(N)c2nc(-c3cncc(F)c3)n(Cc3cccc(OCCN(C)C)n3)c2n1. The maximum Gasteiger partial charge on any atom is 0.213 e. The minimum absolute atomic E-state index is 0.264. The first-order valence-corrected chi connectivity index (χ1v) is 9.75. The van der Waals surface area contributed by atoms with E-state index in [1.807, 2.05) is 41.8 Å². The second kappa shape index (κ2) is 8.60. The van der Waals surface area contributed by atoms with Crippen LogP contribution in [0.3, 0.4) is 0 Å². The molecular weight excluding hydrogens is 399 g/mol. The van der Waals surface area contributed by atoms with Gasteiger partial charge in [0.1, 0.15) is 24.1 Å². The molecule has 4 aromatic heterocycles. The van der Waals surface area contributed by atoms with Crippen LogP contribution in [0.1, 0.15) is 11.5 Å². The molecule has 4 rings (SSSR count). The first kappa shape index (κ1) is 20.6. The lowest BCUT2D eigenvalue weighted by Crippen LogP contribution is -2.19. The molecule has 2 N–H and O–H groups in total. The number of rotatable bonds is 7. The topological polar surface area (TPSA) is 108 Å². The van der Waals surface area contributed by atoms with Gasteiger partial charge in [0.25, 0.3) is 0 Å². The summed E-state index contributed by atoms with van der Waals surface area (Å²) in [5, 5.41) is 0. The number of nitrogens with zero attached hydrogens (tertiary/aromatic N) is 7. The fourth-order valence-corrected chi connectivity index (χ4v) is 3.16. The molecule has 31 heavy (non-hydrogen) atoms. The highest BCUT2D eigenvalue weighted by molar-refractivity contribution is 5.85. The molecule has 160 valence electrons. The van der Waals surface area contributed by atoms with Gasteiger partial charge in [-0.1, -0.05) is 6.07 Å². The van der Waals surface area contributed by atoms with Crippen molar-refractivity contribution >= 4 is 17.0 Å². The summed E-state index contributed by atoms with van der Waals surface area (Å²) in [6, 6.07) is 6.95. The summed E-state index contributed by atoms with van der Waals surface area (Å²) in [6.07, 6.45) is 2.69. The van der Waals surface area contributed by atoms with Gasteiger partial charge in [0, 0.05) is 24.4 Å². The Balaban J connectivity index is 1.75. The molecule has 10 heteroatoms. The van der Waals surface area contributed by atoms with Crippen molar-refractivity contribution in [3.8, 4) is 17.3 Å². The number of fused-ring (bicyclic) bond motifs is 1. The van der Waals surface area contributed by atoms with E-state index < -0.39 is 5.82 Å². The molecule has 0 fully saturated rings. The molecule has 0 bridgehead atoms. The summed E-state index contributed by atoms with van der Waals surface area (Å²) in [6.45, 7) is 3.40. The monoisotopic (exact) mass is 422 g/mol. The molecule has 4 aromatic rings. The predicted octanol–water partition coefficient (Wildman–Crippen LogP) is 2.30. The molecule has 0 saturated heterocycles. The fourth-order valence-electron chi connectivity index (χ4n) is 3.16. The normalized spacial score (nSPS) is 11.4. The molecule has 0 saturated carbocycles. The summed E-state index contributed by atoms with van der Waals surface area (Å²) >= 11 is 0. The Hall–Kier alpha value is -3.66. The fraction of sp³-hybridized carbons (Fsp3) is 0.286. The van der Waals surface area contributed by atoms with Gasteiger partial charge in [-0.15, -0.1) is 0 Å². The van der Waals surface area contributed by atoms with Gasteiger partial charge >= 0.3 is 0 Å². The van der Waals surface area contributed by atoms with E-state index in [1.165, 1.54) is 6.07 Å². The van der Waals surface area contributed by atoms with E-state index in [0.717, 1.165) is 18.4 Å². The van der Waals surface area contributed by atoms with Crippen LogP contribution < -0.4 is 10.5 Å². The van der Waals surface area contributed by atoms with Gasteiger partial charge in [-0.05, 0) is 33.2 Å². The van der Waals surface area contributed by atoms with E-state index in [1.54, 1.807) is 13.1 Å². The zero-order valence-corrected chi connectivity index (χ0v) is 17.6. The highest BCUT2D eigenvalue weighted by Gasteiger charge is 2.19. The third-order valence-electron chi connectivity index (χ3n) is 4.59. The maximum atomic E-state index is 13.9. The van der Waals surface area contributed by atoms with Crippen molar-refractivity contribution < 1.29 is 9.13 Å². The van der Waals surface area contributed by atoms with Crippen LogP contribution in [-0.2, 0) is 6.54 Å². The number of anilines is 1. The van der Waals surface area contributed by atoms with Crippen LogP contribution in [0.15, 0.2) is 36.7 Å². The van der Waals surface area contributed by atoms with Gasteiger partial charge in [0.05, 0.1) is 18.4 Å². The van der Waals surface area contributed by atoms with Crippen LogP contribution in [0.4, 0.5) is 10.2 Å². The Morgan fingerprint density at radius 1 is 1.13 bits per heavy atom. The van der Waals surface area contributed by atoms with Crippen molar-refractivity contribution in [1.82, 2.24) is 34.4 Å². The van der Waals surface area contributed by atoms with Crippen LogP contribution >= 0.6 is 0 Å². The minimum atomic E-state index is -0.458. The highest BCUT2D eigenvalue weighted by Crippen LogP contribution is 2.27. The largest absolute Gasteiger partial charge is 0.476 e. The molecule has 0 aliphatic carbocycles. The summed E-state index contributed by atoms with van der Waals surface area (Å²) in [7, 11) is 3.96. The van der Waals surface area contributed by atoms with Gasteiger partial charge in [-0.3, -0.25) is 4.98 Å². The average molecular weight is 422 g/mol. The molecule has 0 aromatic carbocycles. The van der Waals surface area contributed by atoms with Gasteiger partial charge in [-0.25, -0.2) is 24.3 Å². The van der Waals surface area contributed by atoms with E-state index in [2.05, 4.69) is 24.9 Å². The van der Waals surface area contributed by atoms with Crippen LogP contribution in [0.2, 0.25) is 0 Å². The van der Waals surface area contributed by atoms with Crippen molar-refractivity contribution in [2.45, 2.75) is 13.5 Å². The predicted molar refractivity (Wildman–Crippen MR) is 115 cm³/mol. The number of halogens is 1. The summed E-state index contributed by atoms with van der Waals surface area (Å²) in [5.41, 5.74) is 8.33. The number of hydrogen-bond donors (Lipinski definition) is 1. The lowest BCUT2D eigenvalue weighted by Gasteiger charge is -2.12. The third kappa shape index (κ3) is 4.58. The third-order valence-corrected chi connectivity index (χ3v) is 4.59. The number of nitrogens with two attached hydrogens (primary N) is 1. The summed E-state index contributed by atoms with van der Waals surface area (Å²) in [5.74, 6) is 1.34. The Morgan fingerprint density at radius 2 is 1.97 bits per heavy atom. The molecule has 4 heterocycles. The van der Waals surface area contributed by atoms with Crippen LogP contribution in [0.5, 0.6) is 5.88 Å². The lowest BCUT2D eigenvalue weighted by molar-refractivity contribution is 0.253. The number of aryl methyl sites for hydroxylation is 1. The van der Waals surface area contributed by atoms with E-state index in [0.29, 0.717) is 47.4 Å². The van der Waals surface area contributed by atoms with E-state index in [4.69, 9.17) is 10.5 Å². The number of likely N-dealkylation sites (N-methyl/N-ethyl adjacent to an activating group) is 1. The van der Waals surface area contributed by atoms with Crippen molar-refractivity contribution in [3.05, 3.63) is 54.0 Å². The van der Waals surface area contributed by atoms with Crippen molar-refractivity contribution in [2.75, 3.05) is 33.0 Å². The number of imidazole rings is 1. The van der Waals surface area contributed by atoms with Crippen molar-refractivity contribution in [3.63, 3.8) is 0 Å². The quantitative estimate of drug-likeness (QED) is 0.483. The summed E-state index contributed by atoms with van der Waals surface area (Å²) < 4.78 is 21.4. The smallest absolute Gasteiger partial charge is 0.213 e. The zero-order chi connectivity index (χ0) is 22.0. The highest BCUT2D eigenvalue weighted by atomic mass is 19.1. The van der Waals surface area contributed by atoms with Gasteiger partial charge in [-0.2, -0.15) is 0 Å². The number of nitrogen functional groups attached to an aromatic ring is 1. The number of pyridine rings is 2. The Labute approximate surface area is 178 Å². The van der Waals surface area contributed by atoms with E-state index in [9.17, 15) is 4.39 Å². The Bertz CT molecular complexity index is 1220. The minimum Gasteiger partial charge on any atom is -0.476 e. The van der Waals surface area contributed by atoms with E-state index >= 15 is 0 Å².